The van der Waals surface area contributed by atoms with Crippen molar-refractivity contribution in [3.05, 3.63) is 46.4 Å². The van der Waals surface area contributed by atoms with Crippen molar-refractivity contribution in [2.45, 2.75) is 58.7 Å². The molecular formula is C16H25N4O5P. The predicted molar refractivity (Wildman–Crippen MR) is 95.8 cm³/mol. The molecule has 26 heavy (non-hydrogen) atoms. The van der Waals surface area contributed by atoms with Crippen LogP contribution in [0.5, 0.6) is 0 Å². The number of phosphoric ester groups is 1. The van der Waals surface area contributed by atoms with Gasteiger partial charge in [-0.2, -0.15) is 5.10 Å². The smallest absolute Gasteiger partial charge is 0.303 e. The van der Waals surface area contributed by atoms with Crippen LogP contribution >= 0.6 is 7.82 Å². The van der Waals surface area contributed by atoms with E-state index in [2.05, 4.69) is 23.9 Å². The third kappa shape index (κ3) is 5.11. The van der Waals surface area contributed by atoms with E-state index >= 15 is 0 Å². The van der Waals surface area contributed by atoms with E-state index in [-0.39, 0.29) is 12.2 Å². The molecule has 0 fully saturated rings. The Morgan fingerprint density at radius 3 is 2.46 bits per heavy atom. The maximum absolute atomic E-state index is 12.6. The Labute approximate surface area is 151 Å². The molecule has 0 aliphatic carbocycles. The van der Waals surface area contributed by atoms with Crippen LogP contribution in [0.4, 0.5) is 0 Å². The van der Waals surface area contributed by atoms with Gasteiger partial charge in [-0.25, -0.2) is 14.0 Å². The molecule has 0 radical (unpaired) electrons. The molecule has 2 aromatic rings. The first-order chi connectivity index (χ1) is 12.1. The van der Waals surface area contributed by atoms with Crippen LogP contribution in [0.25, 0.3) is 0 Å². The molecule has 10 heteroatoms. The summed E-state index contributed by atoms with van der Waals surface area (Å²) >= 11 is 0. The van der Waals surface area contributed by atoms with E-state index in [0.717, 1.165) is 11.3 Å². The molecule has 0 aliphatic rings. The lowest BCUT2D eigenvalue weighted by Gasteiger charge is -2.22. The van der Waals surface area contributed by atoms with Gasteiger partial charge in [0.2, 0.25) is 0 Å². The summed E-state index contributed by atoms with van der Waals surface area (Å²) in [4.78, 5) is 34.9. The van der Waals surface area contributed by atoms with Crippen molar-refractivity contribution in [1.82, 2.24) is 19.3 Å². The molecule has 0 amide bonds. The lowest BCUT2D eigenvalue weighted by Crippen LogP contribution is -2.34. The maximum Gasteiger partial charge on any atom is 0.469 e. The van der Waals surface area contributed by atoms with Crippen molar-refractivity contribution in [1.29, 1.82) is 0 Å². The molecule has 144 valence electrons. The van der Waals surface area contributed by atoms with Gasteiger partial charge in [0.25, 0.3) is 0 Å². The van der Waals surface area contributed by atoms with Crippen molar-refractivity contribution in [2.75, 3.05) is 0 Å². The van der Waals surface area contributed by atoms with Crippen molar-refractivity contribution >= 4 is 7.82 Å². The summed E-state index contributed by atoms with van der Waals surface area (Å²) in [5, 5.41) is 4.09. The van der Waals surface area contributed by atoms with E-state index in [0.29, 0.717) is 12.3 Å². The number of phosphoric acid groups is 1. The molecule has 9 nitrogen and oxygen atoms in total. The third-order valence-corrected chi connectivity index (χ3v) is 4.79. The quantitative estimate of drug-likeness (QED) is 0.669. The first-order valence-corrected chi connectivity index (χ1v) is 9.98. The van der Waals surface area contributed by atoms with Gasteiger partial charge in [0, 0.05) is 6.20 Å². The van der Waals surface area contributed by atoms with E-state index < -0.39 is 20.0 Å². The summed E-state index contributed by atoms with van der Waals surface area (Å²) in [6.07, 6.45) is 2.75. The zero-order valence-electron chi connectivity index (χ0n) is 15.3. The van der Waals surface area contributed by atoms with Gasteiger partial charge in [-0.1, -0.05) is 26.8 Å². The second-order valence-electron chi connectivity index (χ2n) is 6.50. The third-order valence-electron chi connectivity index (χ3n) is 4.18. The van der Waals surface area contributed by atoms with Gasteiger partial charge in [0.15, 0.2) is 0 Å². The number of hydrogen-bond donors (Lipinski definition) is 2. The van der Waals surface area contributed by atoms with Crippen LogP contribution in [0.2, 0.25) is 0 Å². The van der Waals surface area contributed by atoms with E-state index in [1.165, 1.54) is 22.5 Å². The lowest BCUT2D eigenvalue weighted by molar-refractivity contribution is 0.0961. The molecule has 2 rings (SSSR count). The van der Waals surface area contributed by atoms with Gasteiger partial charge in [0.05, 0.1) is 24.4 Å². The van der Waals surface area contributed by atoms with Crippen LogP contribution in [-0.2, 0) is 15.6 Å². The molecule has 0 unspecified atom stereocenters. The van der Waals surface area contributed by atoms with Crippen molar-refractivity contribution in [3.8, 4) is 0 Å². The average molecular weight is 384 g/mol. The van der Waals surface area contributed by atoms with Crippen LogP contribution in [0, 0.1) is 0 Å². The van der Waals surface area contributed by atoms with Gasteiger partial charge in [-0.15, -0.1) is 0 Å². The molecule has 0 aromatic carbocycles. The summed E-state index contributed by atoms with van der Waals surface area (Å²) in [7, 11) is -4.65. The second kappa shape index (κ2) is 8.26. The van der Waals surface area contributed by atoms with Gasteiger partial charge in [0.1, 0.15) is 6.33 Å². The number of hydrogen-bond acceptors (Lipinski definition) is 5. The minimum absolute atomic E-state index is 0.265. The van der Waals surface area contributed by atoms with Gasteiger partial charge in [-0.05, 0) is 30.9 Å². The van der Waals surface area contributed by atoms with Crippen molar-refractivity contribution < 1.29 is 18.9 Å². The summed E-state index contributed by atoms with van der Waals surface area (Å²) in [6.45, 7) is 7.72. The summed E-state index contributed by atoms with van der Waals surface area (Å²) in [5.74, 6) is 0.378. The van der Waals surface area contributed by atoms with E-state index in [1.54, 1.807) is 13.1 Å². The number of rotatable bonds is 8. The minimum Gasteiger partial charge on any atom is -0.303 e. The fourth-order valence-electron chi connectivity index (χ4n) is 2.72. The highest BCUT2D eigenvalue weighted by atomic mass is 31.2. The van der Waals surface area contributed by atoms with Crippen LogP contribution in [0.1, 0.15) is 57.3 Å². The van der Waals surface area contributed by atoms with Crippen LogP contribution in [-0.4, -0.2) is 35.2 Å². The van der Waals surface area contributed by atoms with Crippen LogP contribution in [0.15, 0.2) is 29.5 Å². The molecule has 0 spiro atoms. The molecule has 2 N–H and O–H groups in total. The lowest BCUT2D eigenvalue weighted by atomic mass is 10.1. The van der Waals surface area contributed by atoms with E-state index in [1.807, 2.05) is 12.1 Å². The molecule has 0 bridgehead atoms. The number of nitrogens with zero attached hydrogens (tertiary/aromatic N) is 4. The topological polar surface area (TPSA) is 119 Å². The first-order valence-electron chi connectivity index (χ1n) is 8.45. The monoisotopic (exact) mass is 384 g/mol. The van der Waals surface area contributed by atoms with Gasteiger partial charge in [-0.3, -0.25) is 14.1 Å². The second-order valence-corrected chi connectivity index (χ2v) is 7.69. The Morgan fingerprint density at radius 2 is 1.96 bits per heavy atom. The molecule has 2 atom stereocenters. The van der Waals surface area contributed by atoms with E-state index in [4.69, 9.17) is 14.3 Å². The molecule has 0 saturated heterocycles. The van der Waals surface area contributed by atoms with Crippen LogP contribution in [0.3, 0.4) is 0 Å². The molecule has 2 heterocycles. The average Bonchev–Trinajstić information content (AvgIpc) is 2.88. The van der Waals surface area contributed by atoms with Gasteiger partial charge >= 0.3 is 13.5 Å². The molecule has 0 aliphatic heterocycles. The summed E-state index contributed by atoms with van der Waals surface area (Å²) in [5.41, 5.74) is 1.46. The van der Waals surface area contributed by atoms with Crippen LogP contribution < -0.4 is 5.69 Å². The zero-order chi connectivity index (χ0) is 19.5. The predicted octanol–water partition coefficient (Wildman–Crippen LogP) is 2.06. The fraction of sp³-hybridized carbons (Fsp3) is 0.562. The normalized spacial score (nSPS) is 14.6. The Hall–Kier alpha value is -1.80. The van der Waals surface area contributed by atoms with Gasteiger partial charge < -0.3 is 9.79 Å². The maximum atomic E-state index is 12.6. The Morgan fingerprint density at radius 1 is 1.27 bits per heavy atom. The van der Waals surface area contributed by atoms with Crippen molar-refractivity contribution in [3.63, 3.8) is 0 Å². The molecule has 2 aromatic heterocycles. The molecule has 0 saturated carbocycles. The number of aromatic nitrogens is 4. The van der Waals surface area contributed by atoms with Crippen molar-refractivity contribution in [2.24, 2.45) is 0 Å². The standard InChI is InChI=1S/C16H25N4O5P/c1-5-15(12(4)25-26(22,23)24)20-16(21)19(10-18-20)9-14-7-6-13(8-17-14)11(2)3/h6-8,10-12,15H,5,9H2,1-4H3,(H2,22,23,24)/t12-,15+/m1/s1. The highest BCUT2D eigenvalue weighted by molar-refractivity contribution is 7.46. The largest absolute Gasteiger partial charge is 0.469 e. The summed E-state index contributed by atoms with van der Waals surface area (Å²) in [6, 6.07) is 3.26. The minimum atomic E-state index is -4.65. The Bertz CT molecular complexity index is 824. The fourth-order valence-corrected chi connectivity index (χ4v) is 3.29. The highest BCUT2D eigenvalue weighted by Crippen LogP contribution is 2.40. The molecular weight excluding hydrogens is 359 g/mol. The first kappa shape index (κ1) is 20.5. The Balaban J connectivity index is 2.20. The summed E-state index contributed by atoms with van der Waals surface area (Å²) < 4.78 is 18.4. The SMILES string of the molecule is CC[C@@H]([C@@H](C)OP(=O)(O)O)n1ncn(Cc2ccc(C(C)C)cn2)c1=O. The van der Waals surface area contributed by atoms with E-state index in [9.17, 15) is 9.36 Å². The number of pyridine rings is 1. The highest BCUT2D eigenvalue weighted by Gasteiger charge is 2.28. The zero-order valence-corrected chi connectivity index (χ0v) is 16.2. The Kier molecular flexibility index (Phi) is 6.52.